The summed E-state index contributed by atoms with van der Waals surface area (Å²) in [6.45, 7) is 9.87. The van der Waals surface area contributed by atoms with Crippen molar-refractivity contribution < 1.29 is 14.3 Å². The molecule has 1 fully saturated rings. The summed E-state index contributed by atoms with van der Waals surface area (Å²) in [6.07, 6.45) is 4.33. The van der Waals surface area contributed by atoms with Crippen LogP contribution in [0.3, 0.4) is 0 Å². The molecule has 9 nitrogen and oxygen atoms in total. The molecule has 2 aromatic carbocycles. The molecule has 1 saturated heterocycles. The SMILES string of the molecule is CCCN1CC(C#N)C(Nc2ccc(OC3NCCCC3C)cc2Cl)c2cc(NC(=O)CCCN(C)C)c(OCC)cc21. The minimum atomic E-state index is -0.350. The van der Waals surface area contributed by atoms with Crippen LogP contribution >= 0.6 is 11.6 Å². The highest BCUT2D eigenvalue weighted by Gasteiger charge is 2.35. The van der Waals surface area contributed by atoms with E-state index in [0.29, 0.717) is 47.7 Å². The van der Waals surface area contributed by atoms with Gasteiger partial charge in [0.2, 0.25) is 5.91 Å². The Morgan fingerprint density at radius 1 is 1.23 bits per heavy atom. The lowest BCUT2D eigenvalue weighted by Gasteiger charge is -2.40. The zero-order chi connectivity index (χ0) is 30.9. The Morgan fingerprint density at radius 2 is 2.05 bits per heavy atom. The topological polar surface area (TPSA) is 102 Å². The Hall–Kier alpha value is -3.19. The molecule has 3 N–H and O–H groups in total. The molecular formula is C33H47ClN6O3. The van der Waals surface area contributed by atoms with Gasteiger partial charge in [0.15, 0.2) is 6.23 Å². The number of nitriles is 1. The number of carbonyl (C=O) groups is 1. The van der Waals surface area contributed by atoms with E-state index in [-0.39, 0.29) is 24.1 Å². The van der Waals surface area contributed by atoms with Crippen LogP contribution in [0.15, 0.2) is 30.3 Å². The van der Waals surface area contributed by atoms with Crippen LogP contribution in [0.1, 0.15) is 64.5 Å². The Balaban J connectivity index is 1.64. The molecular weight excluding hydrogens is 564 g/mol. The van der Waals surface area contributed by atoms with Gasteiger partial charge in [-0.25, -0.2) is 0 Å². The average molecular weight is 611 g/mol. The van der Waals surface area contributed by atoms with Gasteiger partial charge in [-0.3, -0.25) is 10.1 Å². The first-order chi connectivity index (χ1) is 20.7. The first-order valence-electron chi connectivity index (χ1n) is 15.6. The fourth-order valence-corrected chi connectivity index (χ4v) is 6.09. The van der Waals surface area contributed by atoms with E-state index in [1.54, 1.807) is 0 Å². The molecule has 0 spiro atoms. The van der Waals surface area contributed by atoms with Crippen LogP contribution in [0.5, 0.6) is 11.5 Å². The number of anilines is 3. The summed E-state index contributed by atoms with van der Waals surface area (Å²) in [6, 6.07) is 11.8. The number of nitrogens with one attached hydrogen (secondary N) is 3. The molecule has 2 heterocycles. The molecule has 0 radical (unpaired) electrons. The summed E-state index contributed by atoms with van der Waals surface area (Å²) < 4.78 is 12.2. The van der Waals surface area contributed by atoms with Gasteiger partial charge in [0.05, 0.1) is 41.0 Å². The van der Waals surface area contributed by atoms with Crippen molar-refractivity contribution in [3.8, 4) is 17.6 Å². The quantitative estimate of drug-likeness (QED) is 0.244. The number of hydrogen-bond acceptors (Lipinski definition) is 8. The summed E-state index contributed by atoms with van der Waals surface area (Å²) >= 11 is 6.80. The number of fused-ring (bicyclic) bond motifs is 1. The second-order valence-electron chi connectivity index (χ2n) is 11.9. The number of ether oxygens (including phenoxy) is 2. The summed E-state index contributed by atoms with van der Waals surface area (Å²) in [5.74, 6) is 1.33. The highest BCUT2D eigenvalue weighted by Crippen LogP contribution is 2.45. The molecule has 43 heavy (non-hydrogen) atoms. The molecule has 2 aliphatic rings. The maximum atomic E-state index is 12.9. The van der Waals surface area contributed by atoms with Crippen LogP contribution in [-0.2, 0) is 4.79 Å². The van der Waals surface area contributed by atoms with Crippen molar-refractivity contribution in [1.82, 2.24) is 10.2 Å². The third-order valence-electron chi connectivity index (χ3n) is 8.08. The monoisotopic (exact) mass is 610 g/mol. The molecule has 1 amide bonds. The zero-order valence-electron chi connectivity index (χ0n) is 26.2. The largest absolute Gasteiger partial charge is 0.492 e. The van der Waals surface area contributed by atoms with Crippen LogP contribution in [0.25, 0.3) is 0 Å². The fourth-order valence-electron chi connectivity index (χ4n) is 5.86. The Labute approximate surface area is 261 Å². The van der Waals surface area contributed by atoms with Crippen molar-refractivity contribution in [3.63, 3.8) is 0 Å². The lowest BCUT2D eigenvalue weighted by Crippen LogP contribution is -2.44. The third kappa shape index (κ3) is 8.47. The van der Waals surface area contributed by atoms with E-state index in [0.717, 1.165) is 62.3 Å². The fraction of sp³-hybridized carbons (Fsp3) is 0.576. The summed E-state index contributed by atoms with van der Waals surface area (Å²) in [5, 5.41) is 20.9. The molecule has 0 aliphatic carbocycles. The van der Waals surface area contributed by atoms with Gasteiger partial charge in [0.25, 0.3) is 0 Å². The normalized spacial score (nSPS) is 21.6. The standard InChI is InChI=1S/C33H47ClN6O3/c1-6-15-40-21-23(20-35)32(38-27-13-12-24(17-26(27)34)43-33-22(3)10-8-14-36-33)25-18-28(30(42-7-2)19-29(25)40)37-31(41)11-9-16-39(4)5/h12-13,17-19,22-23,32-33,36,38H,6-11,14-16,21H2,1-5H3,(H,37,41). The molecule has 10 heteroatoms. The smallest absolute Gasteiger partial charge is 0.224 e. The van der Waals surface area contributed by atoms with E-state index >= 15 is 0 Å². The highest BCUT2D eigenvalue weighted by atomic mass is 35.5. The summed E-state index contributed by atoms with van der Waals surface area (Å²) in [5.41, 5.74) is 3.26. The molecule has 0 aromatic heterocycles. The van der Waals surface area contributed by atoms with Gasteiger partial charge < -0.3 is 29.9 Å². The Morgan fingerprint density at radius 3 is 2.72 bits per heavy atom. The van der Waals surface area contributed by atoms with Gasteiger partial charge >= 0.3 is 0 Å². The molecule has 4 atom stereocenters. The molecule has 2 aliphatic heterocycles. The highest BCUT2D eigenvalue weighted by molar-refractivity contribution is 6.33. The van der Waals surface area contributed by atoms with E-state index in [4.69, 9.17) is 21.1 Å². The van der Waals surface area contributed by atoms with Crippen LogP contribution < -0.4 is 30.3 Å². The van der Waals surface area contributed by atoms with Crippen molar-refractivity contribution in [2.75, 3.05) is 62.4 Å². The zero-order valence-corrected chi connectivity index (χ0v) is 27.0. The van der Waals surface area contributed by atoms with Crippen molar-refractivity contribution in [2.24, 2.45) is 11.8 Å². The number of rotatable bonds is 13. The van der Waals surface area contributed by atoms with Crippen LogP contribution in [0, 0.1) is 23.2 Å². The summed E-state index contributed by atoms with van der Waals surface area (Å²) in [4.78, 5) is 17.2. The first kappa shape index (κ1) is 32.7. The number of halogens is 1. The predicted octanol–water partition coefficient (Wildman–Crippen LogP) is 6.27. The van der Waals surface area contributed by atoms with E-state index in [9.17, 15) is 10.1 Å². The van der Waals surface area contributed by atoms with Crippen molar-refractivity contribution in [2.45, 2.75) is 65.1 Å². The Bertz CT molecular complexity index is 1280. The lowest BCUT2D eigenvalue weighted by molar-refractivity contribution is -0.116. The lowest BCUT2D eigenvalue weighted by atomic mass is 9.86. The van der Waals surface area contributed by atoms with E-state index < -0.39 is 0 Å². The van der Waals surface area contributed by atoms with Crippen molar-refractivity contribution in [1.29, 1.82) is 5.26 Å². The second kappa shape index (κ2) is 15.5. The molecule has 4 unspecified atom stereocenters. The molecule has 0 saturated carbocycles. The second-order valence-corrected chi connectivity index (χ2v) is 12.3. The maximum Gasteiger partial charge on any atom is 0.224 e. The van der Waals surface area contributed by atoms with Crippen LogP contribution in [0.2, 0.25) is 5.02 Å². The number of hydrogen-bond donors (Lipinski definition) is 3. The van der Waals surface area contributed by atoms with Gasteiger partial charge in [-0.05, 0) is 78.0 Å². The minimum absolute atomic E-state index is 0.0441. The van der Waals surface area contributed by atoms with Gasteiger partial charge in [-0.2, -0.15) is 5.26 Å². The number of piperidine rings is 1. The van der Waals surface area contributed by atoms with E-state index in [1.165, 1.54) is 0 Å². The molecule has 4 rings (SSSR count). The molecule has 234 valence electrons. The third-order valence-corrected chi connectivity index (χ3v) is 8.39. The number of amides is 1. The van der Waals surface area contributed by atoms with E-state index in [2.05, 4.69) is 45.7 Å². The average Bonchev–Trinajstić information content (AvgIpc) is 2.97. The molecule has 2 aromatic rings. The van der Waals surface area contributed by atoms with Crippen molar-refractivity contribution in [3.05, 3.63) is 40.9 Å². The maximum absolute atomic E-state index is 12.9. The van der Waals surface area contributed by atoms with Gasteiger partial charge in [0.1, 0.15) is 11.5 Å². The summed E-state index contributed by atoms with van der Waals surface area (Å²) in [7, 11) is 3.99. The van der Waals surface area contributed by atoms with Crippen molar-refractivity contribution >= 4 is 34.6 Å². The number of benzene rings is 2. The first-order valence-corrected chi connectivity index (χ1v) is 16.0. The van der Waals surface area contributed by atoms with Crippen LogP contribution in [-0.4, -0.2) is 63.9 Å². The number of carbonyl (C=O) groups excluding carboxylic acids is 1. The Kier molecular flexibility index (Phi) is 11.8. The van der Waals surface area contributed by atoms with Gasteiger partial charge in [-0.1, -0.05) is 25.4 Å². The molecule has 0 bridgehead atoms. The van der Waals surface area contributed by atoms with Gasteiger partial charge in [0, 0.05) is 48.8 Å². The van der Waals surface area contributed by atoms with Gasteiger partial charge in [-0.15, -0.1) is 0 Å². The van der Waals surface area contributed by atoms with Crippen LogP contribution in [0.4, 0.5) is 17.1 Å². The predicted molar refractivity (Wildman–Crippen MR) is 174 cm³/mol. The minimum Gasteiger partial charge on any atom is -0.492 e. The van der Waals surface area contributed by atoms with E-state index in [1.807, 2.05) is 51.4 Å². The number of nitrogens with zero attached hydrogens (tertiary/aromatic N) is 3.